The number of carboxylic acids is 1. The molecule has 15 heavy (non-hydrogen) atoms. The first-order valence-corrected chi connectivity index (χ1v) is 5.72. The van der Waals surface area contributed by atoms with E-state index in [2.05, 4.69) is 11.8 Å². The Hall–Kier alpha value is -0.610. The lowest BCUT2D eigenvalue weighted by molar-refractivity contribution is -0.137. The quantitative estimate of drug-likeness (QED) is 0.565. The van der Waals surface area contributed by atoms with Gasteiger partial charge < -0.3 is 14.7 Å². The zero-order chi connectivity index (χ0) is 11.5. The molecule has 0 heterocycles. The third kappa shape index (κ3) is 9.69. The fraction of sp³-hybridized carbons (Fsp3) is 0.909. The van der Waals surface area contributed by atoms with E-state index in [0.717, 1.165) is 32.5 Å². The molecule has 4 heteroatoms. The maximum Gasteiger partial charge on any atom is 0.304 e. The van der Waals surface area contributed by atoms with E-state index in [1.807, 2.05) is 6.92 Å². The number of unbranched alkanes of at least 4 members (excludes halogenated alkanes) is 1. The summed E-state index contributed by atoms with van der Waals surface area (Å²) in [5.74, 6) is -0.736. The summed E-state index contributed by atoms with van der Waals surface area (Å²) in [7, 11) is 0. The predicted octanol–water partition coefficient (Wildman–Crippen LogP) is 1.60. The van der Waals surface area contributed by atoms with Crippen LogP contribution in [0, 0.1) is 0 Å². The summed E-state index contributed by atoms with van der Waals surface area (Å²) in [6.45, 7) is 8.00. The molecular weight excluding hydrogens is 194 g/mol. The van der Waals surface area contributed by atoms with Gasteiger partial charge in [-0.2, -0.15) is 0 Å². The van der Waals surface area contributed by atoms with Crippen molar-refractivity contribution in [1.29, 1.82) is 0 Å². The molecule has 0 amide bonds. The number of carbonyl (C=O) groups is 1. The second-order valence-corrected chi connectivity index (χ2v) is 3.54. The van der Waals surface area contributed by atoms with Crippen molar-refractivity contribution in [2.45, 2.75) is 33.1 Å². The maximum absolute atomic E-state index is 10.4. The van der Waals surface area contributed by atoms with E-state index in [4.69, 9.17) is 9.84 Å². The lowest BCUT2D eigenvalue weighted by atomic mass is 10.3. The monoisotopic (exact) mass is 217 g/mol. The van der Waals surface area contributed by atoms with Gasteiger partial charge in [-0.1, -0.05) is 20.3 Å². The van der Waals surface area contributed by atoms with Crippen molar-refractivity contribution < 1.29 is 14.6 Å². The van der Waals surface area contributed by atoms with E-state index >= 15 is 0 Å². The number of hydrogen-bond acceptors (Lipinski definition) is 3. The third-order valence-corrected chi connectivity index (χ3v) is 2.28. The normalized spacial score (nSPS) is 10.9. The first kappa shape index (κ1) is 14.4. The van der Waals surface area contributed by atoms with E-state index < -0.39 is 5.97 Å². The SMILES string of the molecule is CCCCOCCN(CC)CCC(=O)O. The average molecular weight is 217 g/mol. The van der Waals surface area contributed by atoms with E-state index in [1.54, 1.807) is 0 Å². The molecule has 0 atom stereocenters. The molecule has 0 unspecified atom stereocenters. The molecule has 0 saturated heterocycles. The van der Waals surface area contributed by atoms with Crippen LogP contribution in [0.4, 0.5) is 0 Å². The minimum absolute atomic E-state index is 0.211. The largest absolute Gasteiger partial charge is 0.481 e. The first-order valence-electron chi connectivity index (χ1n) is 5.72. The Bertz CT molecular complexity index is 162. The lowest BCUT2D eigenvalue weighted by Crippen LogP contribution is -2.29. The van der Waals surface area contributed by atoms with Crippen LogP contribution in [0.25, 0.3) is 0 Å². The maximum atomic E-state index is 10.4. The van der Waals surface area contributed by atoms with E-state index in [1.165, 1.54) is 0 Å². The molecule has 0 fully saturated rings. The van der Waals surface area contributed by atoms with Gasteiger partial charge in [-0.15, -0.1) is 0 Å². The number of rotatable bonds is 10. The highest BCUT2D eigenvalue weighted by Crippen LogP contribution is 1.93. The smallest absolute Gasteiger partial charge is 0.304 e. The highest BCUT2D eigenvalue weighted by atomic mass is 16.5. The molecule has 0 rings (SSSR count). The molecule has 90 valence electrons. The van der Waals surface area contributed by atoms with Crippen LogP contribution in [0.2, 0.25) is 0 Å². The summed E-state index contributed by atoms with van der Waals surface area (Å²) in [6, 6.07) is 0. The minimum Gasteiger partial charge on any atom is -0.481 e. The van der Waals surface area contributed by atoms with Crippen LogP contribution in [0.3, 0.4) is 0 Å². The molecule has 0 bridgehead atoms. The molecule has 0 aliphatic carbocycles. The molecule has 4 nitrogen and oxygen atoms in total. The molecule has 0 aromatic heterocycles. The van der Waals surface area contributed by atoms with Crippen LogP contribution < -0.4 is 0 Å². The second-order valence-electron chi connectivity index (χ2n) is 3.54. The topological polar surface area (TPSA) is 49.8 Å². The Morgan fingerprint density at radius 1 is 1.27 bits per heavy atom. The summed E-state index contributed by atoms with van der Waals surface area (Å²) >= 11 is 0. The highest BCUT2D eigenvalue weighted by molar-refractivity contribution is 5.66. The van der Waals surface area contributed by atoms with Crippen LogP contribution in [0.5, 0.6) is 0 Å². The summed E-state index contributed by atoms with van der Waals surface area (Å²) in [4.78, 5) is 12.5. The fourth-order valence-electron chi connectivity index (χ4n) is 1.22. The summed E-state index contributed by atoms with van der Waals surface area (Å²) < 4.78 is 5.42. The van der Waals surface area contributed by atoms with Crippen LogP contribution in [0.1, 0.15) is 33.1 Å². The Kier molecular flexibility index (Phi) is 9.52. The van der Waals surface area contributed by atoms with Crippen molar-refractivity contribution in [3.63, 3.8) is 0 Å². The van der Waals surface area contributed by atoms with E-state index in [-0.39, 0.29) is 6.42 Å². The summed E-state index contributed by atoms with van der Waals surface area (Å²) in [6.07, 6.45) is 2.46. The summed E-state index contributed by atoms with van der Waals surface area (Å²) in [5.41, 5.74) is 0. The Labute approximate surface area is 92.2 Å². The predicted molar refractivity (Wildman–Crippen MR) is 60.1 cm³/mol. The van der Waals surface area contributed by atoms with Crippen LogP contribution >= 0.6 is 0 Å². The van der Waals surface area contributed by atoms with Gasteiger partial charge in [0.15, 0.2) is 0 Å². The zero-order valence-corrected chi connectivity index (χ0v) is 9.87. The van der Waals surface area contributed by atoms with Gasteiger partial charge in [0.05, 0.1) is 13.0 Å². The molecule has 0 aliphatic rings. The van der Waals surface area contributed by atoms with Gasteiger partial charge in [0.25, 0.3) is 0 Å². The van der Waals surface area contributed by atoms with Crippen molar-refractivity contribution in [1.82, 2.24) is 4.90 Å². The standard InChI is InChI=1S/C11H23NO3/c1-3-5-9-15-10-8-12(4-2)7-6-11(13)14/h3-10H2,1-2H3,(H,13,14). The molecule has 0 aromatic carbocycles. The van der Waals surface area contributed by atoms with Crippen molar-refractivity contribution >= 4 is 5.97 Å². The number of carboxylic acid groups (broad SMARTS) is 1. The van der Waals surface area contributed by atoms with E-state index in [9.17, 15) is 4.79 Å². The number of likely N-dealkylation sites (N-methyl/N-ethyl adjacent to an activating group) is 1. The van der Waals surface area contributed by atoms with Crippen molar-refractivity contribution in [3.05, 3.63) is 0 Å². The van der Waals surface area contributed by atoms with Gasteiger partial charge in [0.1, 0.15) is 0 Å². The van der Waals surface area contributed by atoms with Gasteiger partial charge in [0.2, 0.25) is 0 Å². The van der Waals surface area contributed by atoms with Crippen molar-refractivity contribution in [3.8, 4) is 0 Å². The molecule has 0 spiro atoms. The zero-order valence-electron chi connectivity index (χ0n) is 9.87. The number of hydrogen-bond donors (Lipinski definition) is 1. The number of nitrogens with zero attached hydrogens (tertiary/aromatic N) is 1. The Morgan fingerprint density at radius 2 is 2.00 bits per heavy atom. The van der Waals surface area contributed by atoms with E-state index in [0.29, 0.717) is 13.2 Å². The highest BCUT2D eigenvalue weighted by Gasteiger charge is 2.04. The fourth-order valence-corrected chi connectivity index (χ4v) is 1.22. The molecule has 0 aromatic rings. The lowest BCUT2D eigenvalue weighted by Gasteiger charge is -2.19. The van der Waals surface area contributed by atoms with Crippen LogP contribution in [-0.4, -0.2) is 48.8 Å². The Morgan fingerprint density at radius 3 is 2.53 bits per heavy atom. The average Bonchev–Trinajstić information content (AvgIpc) is 2.22. The van der Waals surface area contributed by atoms with Gasteiger partial charge in [-0.25, -0.2) is 0 Å². The van der Waals surface area contributed by atoms with Gasteiger partial charge >= 0.3 is 5.97 Å². The molecule has 0 aliphatic heterocycles. The van der Waals surface area contributed by atoms with Crippen molar-refractivity contribution in [2.75, 3.05) is 32.8 Å². The van der Waals surface area contributed by atoms with Crippen LogP contribution in [-0.2, 0) is 9.53 Å². The third-order valence-electron chi connectivity index (χ3n) is 2.28. The minimum atomic E-state index is -0.736. The molecular formula is C11H23NO3. The van der Waals surface area contributed by atoms with Gasteiger partial charge in [-0.05, 0) is 13.0 Å². The first-order chi connectivity index (χ1) is 7.20. The molecule has 0 saturated carbocycles. The van der Waals surface area contributed by atoms with Crippen LogP contribution in [0.15, 0.2) is 0 Å². The molecule has 0 radical (unpaired) electrons. The second kappa shape index (κ2) is 9.93. The Balaban J connectivity index is 3.40. The van der Waals surface area contributed by atoms with Gasteiger partial charge in [0, 0.05) is 19.7 Å². The van der Waals surface area contributed by atoms with Gasteiger partial charge in [-0.3, -0.25) is 4.79 Å². The van der Waals surface area contributed by atoms with Crippen molar-refractivity contribution in [2.24, 2.45) is 0 Å². The summed E-state index contributed by atoms with van der Waals surface area (Å²) in [5, 5.41) is 8.54. The number of aliphatic carboxylic acids is 1. The number of ether oxygens (including phenoxy) is 1. The molecule has 1 N–H and O–H groups in total.